The van der Waals surface area contributed by atoms with Gasteiger partial charge in [0.15, 0.2) is 0 Å². The Morgan fingerprint density at radius 2 is 2.00 bits per heavy atom. The van der Waals surface area contributed by atoms with Crippen LogP contribution in [-0.2, 0) is 10.3 Å². The molecule has 3 nitrogen and oxygen atoms in total. The van der Waals surface area contributed by atoms with Gasteiger partial charge in [0.2, 0.25) is 5.91 Å². The van der Waals surface area contributed by atoms with Crippen molar-refractivity contribution >= 4 is 5.91 Å². The average Bonchev–Trinajstić information content (AvgIpc) is 2.17. The zero-order chi connectivity index (χ0) is 12.2. The first kappa shape index (κ1) is 12.6. The summed E-state index contributed by atoms with van der Waals surface area (Å²) < 4.78 is 13.6. The molecular formula is C12H17FN2O. The predicted octanol–water partition coefficient (Wildman–Crippen LogP) is 1.40. The molecule has 1 aromatic carbocycles. The van der Waals surface area contributed by atoms with E-state index in [0.717, 1.165) is 0 Å². The lowest BCUT2D eigenvalue weighted by atomic mass is 9.93. The van der Waals surface area contributed by atoms with Crippen LogP contribution in [0.4, 0.5) is 4.39 Å². The largest absolute Gasteiger partial charge is 0.346 e. The van der Waals surface area contributed by atoms with Crippen molar-refractivity contribution in [2.24, 2.45) is 0 Å². The molecule has 0 aliphatic carbocycles. The van der Waals surface area contributed by atoms with Gasteiger partial charge in [0.1, 0.15) is 5.82 Å². The van der Waals surface area contributed by atoms with Crippen LogP contribution in [0.2, 0.25) is 0 Å². The van der Waals surface area contributed by atoms with Crippen molar-refractivity contribution in [2.75, 3.05) is 13.6 Å². The first-order valence-corrected chi connectivity index (χ1v) is 5.18. The lowest BCUT2D eigenvalue weighted by Gasteiger charge is -2.27. The van der Waals surface area contributed by atoms with Gasteiger partial charge < -0.3 is 10.6 Å². The third-order valence-electron chi connectivity index (χ3n) is 2.34. The van der Waals surface area contributed by atoms with E-state index in [0.29, 0.717) is 5.56 Å². The van der Waals surface area contributed by atoms with Crippen LogP contribution in [0, 0.1) is 5.82 Å². The summed E-state index contributed by atoms with van der Waals surface area (Å²) in [5.74, 6) is -0.465. The van der Waals surface area contributed by atoms with E-state index in [4.69, 9.17) is 0 Å². The van der Waals surface area contributed by atoms with Crippen LogP contribution in [0.15, 0.2) is 24.3 Å². The Morgan fingerprint density at radius 3 is 2.56 bits per heavy atom. The normalized spacial score (nSPS) is 11.2. The molecule has 0 saturated carbocycles. The van der Waals surface area contributed by atoms with E-state index in [9.17, 15) is 9.18 Å². The van der Waals surface area contributed by atoms with Crippen molar-refractivity contribution in [3.05, 3.63) is 35.6 Å². The summed E-state index contributed by atoms with van der Waals surface area (Å²) in [6.07, 6.45) is 0. The predicted molar refractivity (Wildman–Crippen MR) is 61.5 cm³/mol. The van der Waals surface area contributed by atoms with E-state index in [1.54, 1.807) is 39.1 Å². The molecule has 0 heterocycles. The topological polar surface area (TPSA) is 41.1 Å². The van der Waals surface area contributed by atoms with Crippen LogP contribution in [0.1, 0.15) is 19.4 Å². The highest BCUT2D eigenvalue weighted by atomic mass is 19.1. The SMILES string of the molecule is CNCC(=O)NC(C)(C)c1ccccc1F. The lowest BCUT2D eigenvalue weighted by molar-refractivity contribution is -0.121. The number of rotatable bonds is 4. The van der Waals surface area contributed by atoms with Crippen molar-refractivity contribution in [1.29, 1.82) is 0 Å². The van der Waals surface area contributed by atoms with E-state index in [1.807, 2.05) is 0 Å². The molecule has 2 N–H and O–H groups in total. The Hall–Kier alpha value is -1.42. The third kappa shape index (κ3) is 3.03. The van der Waals surface area contributed by atoms with Crippen LogP contribution >= 0.6 is 0 Å². The molecule has 0 spiro atoms. The van der Waals surface area contributed by atoms with Gasteiger partial charge in [0.25, 0.3) is 0 Å². The van der Waals surface area contributed by atoms with Gasteiger partial charge in [0.05, 0.1) is 12.1 Å². The Bertz CT molecular complexity index is 377. The highest BCUT2D eigenvalue weighted by molar-refractivity contribution is 5.78. The summed E-state index contributed by atoms with van der Waals surface area (Å²) in [6.45, 7) is 3.77. The standard InChI is InChI=1S/C12H17FN2O/c1-12(2,15-11(16)8-14-3)9-6-4-5-7-10(9)13/h4-7,14H,8H2,1-3H3,(H,15,16). The second-order valence-electron chi connectivity index (χ2n) is 4.18. The average molecular weight is 224 g/mol. The number of likely N-dealkylation sites (N-methyl/N-ethyl adjacent to an activating group) is 1. The molecule has 0 aliphatic rings. The van der Waals surface area contributed by atoms with E-state index in [1.165, 1.54) is 6.07 Å². The van der Waals surface area contributed by atoms with Gasteiger partial charge in [-0.1, -0.05) is 18.2 Å². The minimum Gasteiger partial charge on any atom is -0.346 e. The van der Waals surface area contributed by atoms with Crippen LogP contribution in [0.3, 0.4) is 0 Å². The first-order valence-electron chi connectivity index (χ1n) is 5.18. The van der Waals surface area contributed by atoms with E-state index >= 15 is 0 Å². The van der Waals surface area contributed by atoms with Gasteiger partial charge in [-0.2, -0.15) is 0 Å². The Morgan fingerprint density at radius 1 is 1.38 bits per heavy atom. The Labute approximate surface area is 95.0 Å². The van der Waals surface area contributed by atoms with Crippen LogP contribution in [0.5, 0.6) is 0 Å². The molecule has 1 aromatic rings. The minimum absolute atomic E-state index is 0.157. The number of hydrogen-bond donors (Lipinski definition) is 2. The number of amides is 1. The first-order chi connectivity index (χ1) is 7.47. The van der Waals surface area contributed by atoms with Gasteiger partial charge in [-0.05, 0) is 27.0 Å². The second kappa shape index (κ2) is 5.07. The fraction of sp³-hybridized carbons (Fsp3) is 0.417. The molecule has 0 atom stereocenters. The molecule has 88 valence electrons. The van der Waals surface area contributed by atoms with Crippen molar-refractivity contribution in [3.63, 3.8) is 0 Å². The third-order valence-corrected chi connectivity index (χ3v) is 2.34. The maximum atomic E-state index is 13.6. The molecule has 1 rings (SSSR count). The van der Waals surface area contributed by atoms with Gasteiger partial charge in [0, 0.05) is 5.56 Å². The van der Waals surface area contributed by atoms with E-state index < -0.39 is 5.54 Å². The van der Waals surface area contributed by atoms with Crippen molar-refractivity contribution in [2.45, 2.75) is 19.4 Å². The van der Waals surface area contributed by atoms with Gasteiger partial charge >= 0.3 is 0 Å². The number of carbonyl (C=O) groups excluding carboxylic acids is 1. The van der Waals surface area contributed by atoms with Crippen LogP contribution in [-0.4, -0.2) is 19.5 Å². The van der Waals surface area contributed by atoms with Crippen molar-refractivity contribution < 1.29 is 9.18 Å². The summed E-state index contributed by atoms with van der Waals surface area (Å²) in [5, 5.41) is 5.52. The second-order valence-corrected chi connectivity index (χ2v) is 4.18. The highest BCUT2D eigenvalue weighted by Gasteiger charge is 2.25. The van der Waals surface area contributed by atoms with Crippen molar-refractivity contribution in [3.8, 4) is 0 Å². The van der Waals surface area contributed by atoms with Gasteiger partial charge in [-0.25, -0.2) is 4.39 Å². The number of halogens is 1. The lowest BCUT2D eigenvalue weighted by Crippen LogP contribution is -2.44. The zero-order valence-electron chi connectivity index (χ0n) is 9.80. The maximum Gasteiger partial charge on any atom is 0.234 e. The molecule has 16 heavy (non-hydrogen) atoms. The summed E-state index contributed by atoms with van der Waals surface area (Å²) in [7, 11) is 1.69. The molecular weight excluding hydrogens is 207 g/mol. The summed E-state index contributed by atoms with van der Waals surface area (Å²) in [4.78, 5) is 11.4. The highest BCUT2D eigenvalue weighted by Crippen LogP contribution is 2.22. The zero-order valence-corrected chi connectivity index (χ0v) is 9.80. The van der Waals surface area contributed by atoms with E-state index in [2.05, 4.69) is 10.6 Å². The number of nitrogens with one attached hydrogen (secondary N) is 2. The molecule has 1 amide bonds. The molecule has 0 saturated heterocycles. The smallest absolute Gasteiger partial charge is 0.234 e. The van der Waals surface area contributed by atoms with Crippen LogP contribution in [0.25, 0.3) is 0 Å². The summed E-state index contributed by atoms with van der Waals surface area (Å²) in [6, 6.07) is 6.45. The van der Waals surface area contributed by atoms with E-state index in [-0.39, 0.29) is 18.3 Å². The fourth-order valence-corrected chi connectivity index (χ4v) is 1.59. The fourth-order valence-electron chi connectivity index (χ4n) is 1.59. The van der Waals surface area contributed by atoms with Gasteiger partial charge in [-0.15, -0.1) is 0 Å². The molecule has 0 aliphatic heterocycles. The number of carbonyl (C=O) groups is 1. The molecule has 0 radical (unpaired) electrons. The minimum atomic E-state index is -0.709. The molecule has 0 bridgehead atoms. The number of benzene rings is 1. The van der Waals surface area contributed by atoms with Crippen molar-refractivity contribution in [1.82, 2.24) is 10.6 Å². The number of hydrogen-bond acceptors (Lipinski definition) is 2. The quantitative estimate of drug-likeness (QED) is 0.811. The Kier molecular flexibility index (Phi) is 4.01. The molecule has 4 heteroatoms. The van der Waals surface area contributed by atoms with Crippen LogP contribution < -0.4 is 10.6 Å². The summed E-state index contributed by atoms with van der Waals surface area (Å²) in [5.41, 5.74) is -0.223. The monoisotopic (exact) mass is 224 g/mol. The Balaban J connectivity index is 2.85. The maximum absolute atomic E-state index is 13.6. The molecule has 0 unspecified atom stereocenters. The molecule has 0 aromatic heterocycles. The molecule has 0 fully saturated rings. The summed E-state index contributed by atoms with van der Waals surface area (Å²) >= 11 is 0. The van der Waals surface area contributed by atoms with Gasteiger partial charge in [-0.3, -0.25) is 4.79 Å².